The summed E-state index contributed by atoms with van der Waals surface area (Å²) in [5.74, 6) is 0.0461. The molecule has 1 aromatic rings. The van der Waals surface area contributed by atoms with Crippen LogP contribution in [0.2, 0.25) is 5.02 Å². The van der Waals surface area contributed by atoms with Crippen molar-refractivity contribution in [3.8, 4) is 0 Å². The van der Waals surface area contributed by atoms with E-state index in [0.29, 0.717) is 29.9 Å². The number of hydrogen-bond acceptors (Lipinski definition) is 2. The molecule has 1 amide bonds. The molecular weight excluding hydrogens is 267 g/mol. The van der Waals surface area contributed by atoms with Crippen LogP contribution in [0.15, 0.2) is 18.2 Å². The van der Waals surface area contributed by atoms with Gasteiger partial charge in [0, 0.05) is 24.2 Å². The quantitative estimate of drug-likeness (QED) is 0.859. The first kappa shape index (κ1) is 12.9. The first-order chi connectivity index (χ1) is 9.06. The SMILES string of the molecule is NC1CCC2CN(C(=O)c3cc(Cl)ccc3F)CC12. The first-order valence-electron chi connectivity index (χ1n) is 6.56. The maximum Gasteiger partial charge on any atom is 0.256 e. The Morgan fingerprint density at radius 1 is 1.37 bits per heavy atom. The lowest BCUT2D eigenvalue weighted by Gasteiger charge is -2.19. The smallest absolute Gasteiger partial charge is 0.256 e. The summed E-state index contributed by atoms with van der Waals surface area (Å²) in [6, 6.07) is 4.25. The van der Waals surface area contributed by atoms with Crippen LogP contribution >= 0.6 is 11.6 Å². The first-order valence-corrected chi connectivity index (χ1v) is 6.94. The number of halogens is 2. The lowest BCUT2D eigenvalue weighted by atomic mass is 9.98. The Morgan fingerprint density at radius 3 is 2.89 bits per heavy atom. The fourth-order valence-corrected chi connectivity index (χ4v) is 3.48. The molecule has 1 saturated carbocycles. The Morgan fingerprint density at radius 2 is 2.16 bits per heavy atom. The van der Waals surface area contributed by atoms with E-state index in [2.05, 4.69) is 0 Å². The molecule has 1 heterocycles. The molecule has 102 valence electrons. The second kappa shape index (κ2) is 4.76. The van der Waals surface area contributed by atoms with Crippen molar-refractivity contribution in [2.24, 2.45) is 17.6 Å². The highest BCUT2D eigenvalue weighted by Gasteiger charge is 2.42. The van der Waals surface area contributed by atoms with E-state index in [-0.39, 0.29) is 17.5 Å². The van der Waals surface area contributed by atoms with E-state index in [1.165, 1.54) is 18.2 Å². The van der Waals surface area contributed by atoms with Gasteiger partial charge in [-0.2, -0.15) is 0 Å². The van der Waals surface area contributed by atoms with Crippen molar-refractivity contribution < 1.29 is 9.18 Å². The third-order valence-corrected chi connectivity index (χ3v) is 4.59. The van der Waals surface area contributed by atoms with Gasteiger partial charge in [-0.1, -0.05) is 11.6 Å². The standard InChI is InChI=1S/C14H16ClFN2O/c15-9-2-3-12(16)10(5-9)14(19)18-6-8-1-4-13(17)11(8)7-18/h2-3,5,8,11,13H,1,4,6-7,17H2. The summed E-state index contributed by atoms with van der Waals surface area (Å²) in [5.41, 5.74) is 6.10. The van der Waals surface area contributed by atoms with E-state index in [9.17, 15) is 9.18 Å². The lowest BCUT2D eigenvalue weighted by Crippen LogP contribution is -2.33. The summed E-state index contributed by atoms with van der Waals surface area (Å²) in [5, 5.41) is 0.376. The molecule has 1 aromatic carbocycles. The molecule has 1 aliphatic carbocycles. The number of amides is 1. The summed E-state index contributed by atoms with van der Waals surface area (Å²) >= 11 is 5.83. The normalized spacial score (nSPS) is 29.6. The van der Waals surface area contributed by atoms with E-state index < -0.39 is 5.82 Å². The van der Waals surface area contributed by atoms with Crippen molar-refractivity contribution in [1.82, 2.24) is 4.90 Å². The molecule has 0 aromatic heterocycles. The van der Waals surface area contributed by atoms with Gasteiger partial charge in [-0.05, 0) is 42.9 Å². The van der Waals surface area contributed by atoms with E-state index in [0.717, 1.165) is 12.8 Å². The molecule has 1 aliphatic heterocycles. The van der Waals surface area contributed by atoms with Crippen molar-refractivity contribution in [3.63, 3.8) is 0 Å². The second-order valence-corrected chi connectivity index (χ2v) is 5.94. The molecule has 3 nitrogen and oxygen atoms in total. The topological polar surface area (TPSA) is 46.3 Å². The van der Waals surface area contributed by atoms with Crippen LogP contribution in [-0.4, -0.2) is 29.9 Å². The number of nitrogens with zero attached hydrogens (tertiary/aromatic N) is 1. The van der Waals surface area contributed by atoms with Crippen molar-refractivity contribution in [3.05, 3.63) is 34.6 Å². The third kappa shape index (κ3) is 2.23. The van der Waals surface area contributed by atoms with Gasteiger partial charge in [0.15, 0.2) is 0 Å². The van der Waals surface area contributed by atoms with Gasteiger partial charge in [0.05, 0.1) is 5.56 Å². The number of hydrogen-bond donors (Lipinski definition) is 1. The summed E-state index contributed by atoms with van der Waals surface area (Å²) < 4.78 is 13.7. The highest BCUT2D eigenvalue weighted by Crippen LogP contribution is 2.37. The van der Waals surface area contributed by atoms with Gasteiger partial charge in [0.25, 0.3) is 5.91 Å². The van der Waals surface area contributed by atoms with Gasteiger partial charge in [-0.25, -0.2) is 4.39 Å². The van der Waals surface area contributed by atoms with Gasteiger partial charge < -0.3 is 10.6 Å². The molecule has 5 heteroatoms. The Labute approximate surface area is 116 Å². The maximum atomic E-state index is 13.7. The van der Waals surface area contributed by atoms with Gasteiger partial charge in [0.2, 0.25) is 0 Å². The average molecular weight is 283 g/mol. The lowest BCUT2D eigenvalue weighted by molar-refractivity contribution is 0.0775. The van der Waals surface area contributed by atoms with Gasteiger partial charge in [-0.3, -0.25) is 4.79 Å². The van der Waals surface area contributed by atoms with Crippen LogP contribution in [0.4, 0.5) is 4.39 Å². The molecule has 0 radical (unpaired) electrons. The Hall–Kier alpha value is -1.13. The number of likely N-dealkylation sites (tertiary alicyclic amines) is 1. The zero-order valence-electron chi connectivity index (χ0n) is 10.5. The number of rotatable bonds is 1. The number of fused-ring (bicyclic) bond motifs is 1. The number of benzene rings is 1. The Kier molecular flexibility index (Phi) is 3.23. The van der Waals surface area contributed by atoms with Crippen LogP contribution in [-0.2, 0) is 0 Å². The third-order valence-electron chi connectivity index (χ3n) is 4.36. The summed E-state index contributed by atoms with van der Waals surface area (Å²) in [7, 11) is 0. The van der Waals surface area contributed by atoms with Crippen LogP contribution in [0.25, 0.3) is 0 Å². The van der Waals surface area contributed by atoms with E-state index >= 15 is 0 Å². The van der Waals surface area contributed by atoms with E-state index in [1.807, 2.05) is 0 Å². The van der Waals surface area contributed by atoms with Gasteiger partial charge >= 0.3 is 0 Å². The monoisotopic (exact) mass is 282 g/mol. The molecule has 2 aliphatic rings. The van der Waals surface area contributed by atoms with Crippen molar-refractivity contribution in [2.75, 3.05) is 13.1 Å². The highest BCUT2D eigenvalue weighted by molar-refractivity contribution is 6.31. The van der Waals surface area contributed by atoms with Crippen molar-refractivity contribution in [2.45, 2.75) is 18.9 Å². The fourth-order valence-electron chi connectivity index (χ4n) is 3.31. The van der Waals surface area contributed by atoms with Crippen LogP contribution in [0.5, 0.6) is 0 Å². The van der Waals surface area contributed by atoms with Crippen LogP contribution in [0.3, 0.4) is 0 Å². The predicted octanol–water partition coefficient (Wildman–Crippen LogP) is 2.29. The van der Waals surface area contributed by atoms with Crippen molar-refractivity contribution in [1.29, 1.82) is 0 Å². The molecule has 2 fully saturated rings. The van der Waals surface area contributed by atoms with Crippen molar-refractivity contribution >= 4 is 17.5 Å². The second-order valence-electron chi connectivity index (χ2n) is 5.50. The van der Waals surface area contributed by atoms with E-state index in [1.54, 1.807) is 4.90 Å². The molecule has 19 heavy (non-hydrogen) atoms. The van der Waals surface area contributed by atoms with E-state index in [4.69, 9.17) is 17.3 Å². The Balaban J connectivity index is 1.80. The molecule has 3 atom stereocenters. The summed E-state index contributed by atoms with van der Waals surface area (Å²) in [6.07, 6.45) is 2.09. The summed E-state index contributed by atoms with van der Waals surface area (Å²) in [6.45, 7) is 1.32. The fraction of sp³-hybridized carbons (Fsp3) is 0.500. The number of nitrogens with two attached hydrogens (primary N) is 1. The molecule has 0 bridgehead atoms. The molecule has 2 N–H and O–H groups in total. The van der Waals surface area contributed by atoms with Crippen LogP contribution < -0.4 is 5.73 Å². The number of carbonyl (C=O) groups excluding carboxylic acids is 1. The highest BCUT2D eigenvalue weighted by atomic mass is 35.5. The molecule has 1 saturated heterocycles. The predicted molar refractivity (Wildman–Crippen MR) is 71.5 cm³/mol. The van der Waals surface area contributed by atoms with Crippen LogP contribution in [0, 0.1) is 17.7 Å². The zero-order chi connectivity index (χ0) is 13.6. The average Bonchev–Trinajstić information content (AvgIpc) is 2.94. The maximum absolute atomic E-state index is 13.7. The molecule has 3 rings (SSSR count). The molecule has 3 unspecified atom stereocenters. The van der Waals surface area contributed by atoms with Crippen LogP contribution in [0.1, 0.15) is 23.2 Å². The zero-order valence-corrected chi connectivity index (χ0v) is 11.2. The van der Waals surface area contributed by atoms with Gasteiger partial charge in [0.1, 0.15) is 5.82 Å². The minimum atomic E-state index is -0.518. The largest absolute Gasteiger partial charge is 0.338 e. The molecular formula is C14H16ClFN2O. The summed E-state index contributed by atoms with van der Waals surface area (Å²) in [4.78, 5) is 14.1. The molecule has 0 spiro atoms. The minimum absolute atomic E-state index is 0.0565. The Bertz CT molecular complexity index is 522. The number of carbonyl (C=O) groups is 1. The van der Waals surface area contributed by atoms with Gasteiger partial charge in [-0.15, -0.1) is 0 Å². The minimum Gasteiger partial charge on any atom is -0.338 e.